The Bertz CT molecular complexity index is 398. The van der Waals surface area contributed by atoms with Gasteiger partial charge in [-0.1, -0.05) is 58.0 Å². The lowest BCUT2D eigenvalue weighted by molar-refractivity contribution is 0.290. The van der Waals surface area contributed by atoms with Gasteiger partial charge in [0.2, 0.25) is 0 Å². The molecule has 1 aromatic rings. The number of hydrogen-bond donors (Lipinski definition) is 1. The zero-order chi connectivity index (χ0) is 14.3. The Balaban J connectivity index is 2.84. The highest BCUT2D eigenvalue weighted by Gasteiger charge is 2.22. The summed E-state index contributed by atoms with van der Waals surface area (Å²) in [5, 5.41) is 12.5. The molecule has 0 aliphatic heterocycles. The third-order valence-electron chi connectivity index (χ3n) is 3.29. The van der Waals surface area contributed by atoms with Crippen LogP contribution in [0.3, 0.4) is 0 Å². The second-order valence-electron chi connectivity index (χ2n) is 6.36. The fourth-order valence-electron chi connectivity index (χ4n) is 2.29. The molecule has 0 aliphatic rings. The van der Waals surface area contributed by atoms with Gasteiger partial charge < -0.3 is 5.32 Å². The van der Waals surface area contributed by atoms with E-state index in [0.29, 0.717) is 12.5 Å². The summed E-state index contributed by atoms with van der Waals surface area (Å²) in [5.74, 6) is 0. The summed E-state index contributed by atoms with van der Waals surface area (Å²) >= 11 is 0. The van der Waals surface area contributed by atoms with E-state index < -0.39 is 0 Å². The largest absolute Gasteiger partial charge is 0.306 e. The maximum Gasteiger partial charge on any atom is 0.0638 e. The Labute approximate surface area is 117 Å². The second kappa shape index (κ2) is 7.31. The molecule has 0 amide bonds. The maximum absolute atomic E-state index is 8.89. The van der Waals surface area contributed by atoms with Gasteiger partial charge in [0, 0.05) is 12.1 Å². The van der Waals surface area contributed by atoms with Crippen LogP contribution in [0.2, 0.25) is 0 Å². The van der Waals surface area contributed by atoms with Crippen molar-refractivity contribution in [3.8, 4) is 6.07 Å². The molecule has 0 saturated heterocycles. The first-order valence-corrected chi connectivity index (χ1v) is 7.14. The first-order chi connectivity index (χ1) is 8.96. The van der Waals surface area contributed by atoms with Crippen LogP contribution in [0.15, 0.2) is 30.3 Å². The number of hydrogen-bond acceptors (Lipinski definition) is 2. The van der Waals surface area contributed by atoms with Crippen molar-refractivity contribution in [2.24, 2.45) is 5.41 Å². The molecular weight excluding hydrogens is 232 g/mol. The third-order valence-corrected chi connectivity index (χ3v) is 3.29. The number of nitriles is 1. The van der Waals surface area contributed by atoms with Crippen molar-refractivity contribution in [2.75, 3.05) is 0 Å². The molecule has 19 heavy (non-hydrogen) atoms. The van der Waals surface area contributed by atoms with Crippen LogP contribution < -0.4 is 5.32 Å². The molecule has 0 aromatic heterocycles. The Morgan fingerprint density at radius 2 is 1.84 bits per heavy atom. The van der Waals surface area contributed by atoms with Gasteiger partial charge in [-0.05, 0) is 23.8 Å². The van der Waals surface area contributed by atoms with Crippen molar-refractivity contribution >= 4 is 0 Å². The monoisotopic (exact) mass is 258 g/mol. The van der Waals surface area contributed by atoms with Gasteiger partial charge in [-0.15, -0.1) is 0 Å². The summed E-state index contributed by atoms with van der Waals surface area (Å²) < 4.78 is 0. The molecule has 2 unspecified atom stereocenters. The molecule has 2 atom stereocenters. The average molecular weight is 258 g/mol. The predicted molar refractivity (Wildman–Crippen MR) is 80.7 cm³/mol. The Hall–Kier alpha value is -1.33. The molecule has 0 radical (unpaired) electrons. The summed E-state index contributed by atoms with van der Waals surface area (Å²) in [7, 11) is 0. The van der Waals surface area contributed by atoms with Crippen LogP contribution in [-0.2, 0) is 0 Å². The van der Waals surface area contributed by atoms with E-state index in [1.807, 2.05) is 6.07 Å². The molecule has 2 heteroatoms. The zero-order valence-corrected chi connectivity index (χ0v) is 12.6. The number of nitrogens with one attached hydrogen (secondary N) is 1. The molecule has 0 saturated carbocycles. The Morgan fingerprint density at radius 1 is 1.21 bits per heavy atom. The molecule has 1 rings (SSSR count). The number of benzene rings is 1. The van der Waals surface area contributed by atoms with Crippen molar-refractivity contribution in [1.82, 2.24) is 5.32 Å². The minimum Gasteiger partial charge on any atom is -0.306 e. The molecule has 0 bridgehead atoms. The first-order valence-electron chi connectivity index (χ1n) is 7.14. The highest BCUT2D eigenvalue weighted by atomic mass is 14.9. The van der Waals surface area contributed by atoms with E-state index in [-0.39, 0.29) is 11.5 Å². The minimum atomic E-state index is 0.262. The fourth-order valence-corrected chi connectivity index (χ4v) is 2.29. The standard InChI is InChI=1S/C17H26N2/c1-5-15(11-12-18)19-16(13-17(2,3)4)14-9-7-6-8-10-14/h6-10,15-16,19H,5,11,13H2,1-4H3. The molecule has 0 fully saturated rings. The zero-order valence-electron chi connectivity index (χ0n) is 12.6. The lowest BCUT2D eigenvalue weighted by atomic mass is 9.85. The summed E-state index contributed by atoms with van der Waals surface area (Å²) in [5.41, 5.74) is 1.58. The van der Waals surface area contributed by atoms with E-state index in [0.717, 1.165) is 12.8 Å². The van der Waals surface area contributed by atoms with Crippen LogP contribution in [0, 0.1) is 16.7 Å². The number of rotatable bonds is 6. The van der Waals surface area contributed by atoms with Crippen LogP contribution in [0.5, 0.6) is 0 Å². The van der Waals surface area contributed by atoms with E-state index in [2.05, 4.69) is 63.3 Å². The van der Waals surface area contributed by atoms with Crippen LogP contribution >= 0.6 is 0 Å². The van der Waals surface area contributed by atoms with Gasteiger partial charge in [-0.3, -0.25) is 0 Å². The molecule has 0 heterocycles. The van der Waals surface area contributed by atoms with E-state index in [1.54, 1.807) is 0 Å². The van der Waals surface area contributed by atoms with E-state index in [4.69, 9.17) is 5.26 Å². The average Bonchev–Trinajstić information content (AvgIpc) is 2.36. The van der Waals surface area contributed by atoms with Gasteiger partial charge in [-0.2, -0.15) is 5.26 Å². The second-order valence-corrected chi connectivity index (χ2v) is 6.36. The summed E-state index contributed by atoms with van der Waals surface area (Å²) in [4.78, 5) is 0. The maximum atomic E-state index is 8.89. The Kier molecular flexibility index (Phi) is 6.05. The molecule has 104 valence electrons. The smallest absolute Gasteiger partial charge is 0.0638 e. The van der Waals surface area contributed by atoms with Gasteiger partial charge in [0.05, 0.1) is 12.5 Å². The first kappa shape index (κ1) is 15.7. The highest BCUT2D eigenvalue weighted by molar-refractivity contribution is 5.19. The van der Waals surface area contributed by atoms with E-state index in [1.165, 1.54) is 5.56 Å². The topological polar surface area (TPSA) is 35.8 Å². The van der Waals surface area contributed by atoms with Crippen molar-refractivity contribution in [1.29, 1.82) is 5.26 Å². The summed E-state index contributed by atoms with van der Waals surface area (Å²) in [6.07, 6.45) is 2.63. The van der Waals surface area contributed by atoms with E-state index in [9.17, 15) is 0 Å². The van der Waals surface area contributed by atoms with Crippen LogP contribution in [-0.4, -0.2) is 6.04 Å². The van der Waals surface area contributed by atoms with Gasteiger partial charge in [0.1, 0.15) is 0 Å². The van der Waals surface area contributed by atoms with Gasteiger partial charge >= 0.3 is 0 Å². The number of nitrogens with zero attached hydrogens (tertiary/aromatic N) is 1. The predicted octanol–water partition coefficient (Wildman–Crippen LogP) is 4.45. The summed E-state index contributed by atoms with van der Waals surface area (Å²) in [6, 6.07) is 13.4. The SMILES string of the molecule is CCC(CC#N)NC(CC(C)(C)C)c1ccccc1. The molecule has 1 aromatic carbocycles. The summed E-state index contributed by atoms with van der Waals surface area (Å²) in [6.45, 7) is 8.91. The van der Waals surface area contributed by atoms with Crippen LogP contribution in [0.4, 0.5) is 0 Å². The van der Waals surface area contributed by atoms with Crippen molar-refractivity contribution in [3.05, 3.63) is 35.9 Å². The van der Waals surface area contributed by atoms with E-state index >= 15 is 0 Å². The normalized spacial score (nSPS) is 14.7. The van der Waals surface area contributed by atoms with Gasteiger partial charge in [0.15, 0.2) is 0 Å². The van der Waals surface area contributed by atoms with Crippen molar-refractivity contribution in [2.45, 2.75) is 59.0 Å². The van der Waals surface area contributed by atoms with Crippen molar-refractivity contribution in [3.63, 3.8) is 0 Å². The highest BCUT2D eigenvalue weighted by Crippen LogP contribution is 2.30. The molecule has 1 N–H and O–H groups in total. The van der Waals surface area contributed by atoms with Crippen LogP contribution in [0.25, 0.3) is 0 Å². The molecule has 0 spiro atoms. The lowest BCUT2D eigenvalue weighted by Gasteiger charge is -2.30. The molecular formula is C17H26N2. The van der Waals surface area contributed by atoms with Gasteiger partial charge in [0.25, 0.3) is 0 Å². The van der Waals surface area contributed by atoms with Gasteiger partial charge in [-0.25, -0.2) is 0 Å². The van der Waals surface area contributed by atoms with Crippen LogP contribution in [0.1, 0.15) is 58.6 Å². The Morgan fingerprint density at radius 3 is 2.32 bits per heavy atom. The molecule has 2 nitrogen and oxygen atoms in total. The third kappa shape index (κ3) is 5.89. The van der Waals surface area contributed by atoms with Crippen molar-refractivity contribution < 1.29 is 0 Å². The minimum absolute atomic E-state index is 0.262. The molecule has 0 aliphatic carbocycles. The lowest BCUT2D eigenvalue weighted by Crippen LogP contribution is -2.34. The fraction of sp³-hybridized carbons (Fsp3) is 0.588. The quantitative estimate of drug-likeness (QED) is 0.818.